The van der Waals surface area contributed by atoms with Gasteiger partial charge in [0.1, 0.15) is 0 Å². The van der Waals surface area contributed by atoms with Crippen LogP contribution in [0.4, 0.5) is 0 Å². The Kier molecular flexibility index (Phi) is 7.34. The molecule has 0 bridgehead atoms. The van der Waals surface area contributed by atoms with Gasteiger partial charge < -0.3 is 5.32 Å². The molecular weight excluding hydrogens is 114 g/mol. The molecule has 1 nitrogen and oxygen atoms in total. The number of rotatable bonds is 0. The van der Waals surface area contributed by atoms with Gasteiger partial charge in [0, 0.05) is 8.07 Å². The van der Waals surface area contributed by atoms with E-state index >= 15 is 0 Å². The maximum atomic E-state index is 2.75. The molecule has 0 saturated carbocycles. The molecule has 0 heterocycles. The van der Waals surface area contributed by atoms with Crippen LogP contribution < -0.4 is 5.32 Å². The van der Waals surface area contributed by atoms with E-state index in [-0.39, 0.29) is 0 Å². The average molecular weight is 133 g/mol. The van der Waals surface area contributed by atoms with Gasteiger partial charge in [0.15, 0.2) is 0 Å². The Balaban J connectivity index is 0. The van der Waals surface area contributed by atoms with Crippen LogP contribution in [0.5, 0.6) is 0 Å². The Bertz CT molecular complexity index is 32.3. The highest BCUT2D eigenvalue weighted by molar-refractivity contribution is 6.74. The first kappa shape index (κ1) is 11.0. The van der Waals surface area contributed by atoms with Crippen LogP contribution >= 0.6 is 0 Å². The fourth-order valence-electron chi connectivity index (χ4n) is 0. The zero-order valence-corrected chi connectivity index (χ0v) is 8.00. The maximum Gasteiger partial charge on any atom is 0.0411 e. The summed E-state index contributed by atoms with van der Waals surface area (Å²) < 4.78 is 0. The molecule has 0 fully saturated rings. The molecule has 0 aromatic rings. The second kappa shape index (κ2) is 5.32. The molecule has 52 valence electrons. The normalized spacial score (nSPS) is 9.75. The van der Waals surface area contributed by atoms with E-state index in [0.717, 1.165) is 0 Å². The minimum atomic E-state index is -0.611. The van der Waals surface area contributed by atoms with Crippen molar-refractivity contribution in [2.45, 2.75) is 26.2 Å². The van der Waals surface area contributed by atoms with Crippen LogP contribution in [-0.2, 0) is 0 Å². The summed E-state index contributed by atoms with van der Waals surface area (Å²) in [5.74, 6) is 0. The topological polar surface area (TPSA) is 12.0 Å². The fraction of sp³-hybridized carbons (Fsp3) is 1.00. The van der Waals surface area contributed by atoms with E-state index in [9.17, 15) is 0 Å². The van der Waals surface area contributed by atoms with Gasteiger partial charge in [0.05, 0.1) is 0 Å². The van der Waals surface area contributed by atoms with Crippen LogP contribution in [0.25, 0.3) is 0 Å². The molecule has 0 amide bonds. The Morgan fingerprint density at radius 3 is 0.875 bits per heavy atom. The SMILES string of the molecule is CNC.C[Si](C)(C)C. The lowest BCUT2D eigenvalue weighted by atomic mass is 11.3. The number of hydrogen-bond acceptors (Lipinski definition) is 1. The summed E-state index contributed by atoms with van der Waals surface area (Å²) in [7, 11) is 3.14. The maximum absolute atomic E-state index is 2.75. The van der Waals surface area contributed by atoms with E-state index in [1.807, 2.05) is 14.1 Å². The second-order valence-electron chi connectivity index (χ2n) is 3.50. The molecule has 0 radical (unpaired) electrons. The first-order valence-corrected chi connectivity index (χ1v) is 7.00. The molecule has 1 N–H and O–H groups in total. The van der Waals surface area contributed by atoms with Gasteiger partial charge in [-0.1, -0.05) is 26.2 Å². The van der Waals surface area contributed by atoms with Gasteiger partial charge in [-0.2, -0.15) is 0 Å². The van der Waals surface area contributed by atoms with E-state index in [4.69, 9.17) is 0 Å². The van der Waals surface area contributed by atoms with Crippen LogP contribution in [0, 0.1) is 0 Å². The average Bonchev–Trinajstić information content (AvgIpc) is 1.27. The molecule has 0 atom stereocenters. The molecule has 0 spiro atoms. The van der Waals surface area contributed by atoms with Crippen LogP contribution in [0.15, 0.2) is 0 Å². The van der Waals surface area contributed by atoms with Gasteiger partial charge in [-0.05, 0) is 14.1 Å². The molecule has 2 heteroatoms. The lowest BCUT2D eigenvalue weighted by molar-refractivity contribution is 1.02. The molecule has 0 rings (SSSR count). The zero-order valence-electron chi connectivity index (χ0n) is 7.00. The van der Waals surface area contributed by atoms with Crippen LogP contribution in [0.1, 0.15) is 0 Å². The highest BCUT2D eigenvalue weighted by atomic mass is 28.3. The summed E-state index contributed by atoms with van der Waals surface area (Å²) in [6, 6.07) is 0. The van der Waals surface area contributed by atoms with Crippen molar-refractivity contribution in [1.29, 1.82) is 0 Å². The molecule has 0 aromatic heterocycles. The summed E-state index contributed by atoms with van der Waals surface area (Å²) in [4.78, 5) is 0. The lowest BCUT2D eigenvalue weighted by Crippen LogP contribution is -2.10. The number of hydrogen-bond donors (Lipinski definition) is 1. The van der Waals surface area contributed by atoms with E-state index in [1.165, 1.54) is 0 Å². The highest BCUT2D eigenvalue weighted by Gasteiger charge is 1.99. The number of nitrogens with one attached hydrogen (secondary N) is 1. The van der Waals surface area contributed by atoms with Crippen LogP contribution in [0.3, 0.4) is 0 Å². The first-order chi connectivity index (χ1) is 3.41. The van der Waals surface area contributed by atoms with E-state index in [0.29, 0.717) is 0 Å². The first-order valence-electron chi connectivity index (χ1n) is 3.00. The molecule has 0 unspecified atom stereocenters. The van der Waals surface area contributed by atoms with Crippen LogP contribution in [-0.4, -0.2) is 22.2 Å². The van der Waals surface area contributed by atoms with Crippen molar-refractivity contribution in [3.05, 3.63) is 0 Å². The van der Waals surface area contributed by atoms with E-state index < -0.39 is 8.07 Å². The van der Waals surface area contributed by atoms with Crippen molar-refractivity contribution in [2.75, 3.05) is 14.1 Å². The largest absolute Gasteiger partial charge is 0.323 e. The third-order valence-electron chi connectivity index (χ3n) is 0. The van der Waals surface area contributed by atoms with Crippen molar-refractivity contribution < 1.29 is 0 Å². The fourth-order valence-corrected chi connectivity index (χ4v) is 0. The smallest absolute Gasteiger partial charge is 0.0411 e. The Morgan fingerprint density at radius 2 is 0.875 bits per heavy atom. The third kappa shape index (κ3) is 5290. The highest BCUT2D eigenvalue weighted by Crippen LogP contribution is 1.94. The van der Waals surface area contributed by atoms with Gasteiger partial charge in [0.2, 0.25) is 0 Å². The molecule has 0 aliphatic carbocycles. The molecule has 8 heavy (non-hydrogen) atoms. The summed E-state index contributed by atoms with van der Waals surface area (Å²) in [6.07, 6.45) is 0. The van der Waals surface area contributed by atoms with Gasteiger partial charge >= 0.3 is 0 Å². The summed E-state index contributed by atoms with van der Waals surface area (Å²) in [5, 5.41) is 2.75. The van der Waals surface area contributed by atoms with Gasteiger partial charge in [0.25, 0.3) is 0 Å². The zero-order chi connectivity index (χ0) is 7.21. The van der Waals surface area contributed by atoms with Gasteiger partial charge in [-0.3, -0.25) is 0 Å². The Hall–Kier alpha value is 0.177. The van der Waals surface area contributed by atoms with Gasteiger partial charge in [-0.25, -0.2) is 0 Å². The van der Waals surface area contributed by atoms with Crippen molar-refractivity contribution in [3.63, 3.8) is 0 Å². The van der Waals surface area contributed by atoms with Crippen LogP contribution in [0.2, 0.25) is 26.2 Å². The monoisotopic (exact) mass is 133 g/mol. The minimum Gasteiger partial charge on any atom is -0.323 e. The predicted molar refractivity (Wildman–Crippen MR) is 44.2 cm³/mol. The minimum absolute atomic E-state index is 0.611. The van der Waals surface area contributed by atoms with E-state index in [2.05, 4.69) is 31.5 Å². The molecule has 0 saturated heterocycles. The third-order valence-corrected chi connectivity index (χ3v) is 0. The summed E-state index contributed by atoms with van der Waals surface area (Å²) in [5.41, 5.74) is 0. The summed E-state index contributed by atoms with van der Waals surface area (Å²) in [6.45, 7) is 9.31. The van der Waals surface area contributed by atoms with Gasteiger partial charge in [-0.15, -0.1) is 0 Å². The van der Waals surface area contributed by atoms with Crippen molar-refractivity contribution in [2.24, 2.45) is 0 Å². The standard InChI is InChI=1S/C4H12Si.C2H7N/c1-5(2,3)4;1-3-2/h1-4H3;3H,1-2H3. The molecule has 0 aliphatic rings. The Labute approximate surface area is 54.5 Å². The summed E-state index contributed by atoms with van der Waals surface area (Å²) >= 11 is 0. The molecule has 0 aliphatic heterocycles. The Morgan fingerprint density at radius 1 is 0.875 bits per heavy atom. The second-order valence-corrected chi connectivity index (χ2v) is 9.50. The molecule has 0 aromatic carbocycles. The predicted octanol–water partition coefficient (Wildman–Crippen LogP) is 1.79. The van der Waals surface area contributed by atoms with Crippen molar-refractivity contribution in [1.82, 2.24) is 5.32 Å². The lowest BCUT2D eigenvalue weighted by Gasteiger charge is -2.01. The quantitative estimate of drug-likeness (QED) is 0.497. The van der Waals surface area contributed by atoms with Crippen molar-refractivity contribution >= 4 is 8.07 Å². The van der Waals surface area contributed by atoms with Crippen molar-refractivity contribution in [3.8, 4) is 0 Å². The molecular formula is C6H19NSi. The van der Waals surface area contributed by atoms with E-state index in [1.54, 1.807) is 0 Å².